The first-order valence-corrected chi connectivity index (χ1v) is 5.52. The number of benzene rings is 1. The topological polar surface area (TPSA) is 52.6 Å². The van der Waals surface area contributed by atoms with E-state index in [9.17, 15) is 9.59 Å². The van der Waals surface area contributed by atoms with Gasteiger partial charge in [0.05, 0.1) is 19.3 Å². The van der Waals surface area contributed by atoms with E-state index in [-0.39, 0.29) is 18.0 Å². The molecule has 0 saturated carbocycles. The van der Waals surface area contributed by atoms with Gasteiger partial charge in [0.25, 0.3) is 0 Å². The summed E-state index contributed by atoms with van der Waals surface area (Å²) in [5.74, 6) is -0.0559. The van der Waals surface area contributed by atoms with E-state index in [0.717, 1.165) is 0 Å². The van der Waals surface area contributed by atoms with Gasteiger partial charge in [-0.15, -0.1) is 0 Å². The standard InChI is InChI=1S/C13H16O4/c1-4-12(14)10-7-6-9(16-3)8-11(10)13(15)17-5-2/h6-8H,4-5H2,1-3H3. The van der Waals surface area contributed by atoms with Gasteiger partial charge in [0, 0.05) is 12.0 Å². The quantitative estimate of drug-likeness (QED) is 0.582. The monoisotopic (exact) mass is 236 g/mol. The van der Waals surface area contributed by atoms with Gasteiger partial charge in [-0.2, -0.15) is 0 Å². The number of hydrogen-bond acceptors (Lipinski definition) is 4. The highest BCUT2D eigenvalue weighted by Gasteiger charge is 2.17. The van der Waals surface area contributed by atoms with Crippen LogP contribution in [0.2, 0.25) is 0 Å². The summed E-state index contributed by atoms with van der Waals surface area (Å²) in [7, 11) is 1.51. The fraction of sp³-hybridized carbons (Fsp3) is 0.385. The summed E-state index contributed by atoms with van der Waals surface area (Å²) in [5, 5.41) is 0. The number of ether oxygens (including phenoxy) is 2. The number of rotatable bonds is 5. The van der Waals surface area contributed by atoms with E-state index in [0.29, 0.717) is 17.7 Å². The summed E-state index contributed by atoms with van der Waals surface area (Å²) < 4.78 is 9.95. The van der Waals surface area contributed by atoms with Crippen LogP contribution in [0, 0.1) is 0 Å². The first-order valence-electron chi connectivity index (χ1n) is 5.52. The Labute approximate surface area is 101 Å². The molecule has 0 amide bonds. The van der Waals surface area contributed by atoms with E-state index in [1.54, 1.807) is 26.0 Å². The Morgan fingerprint density at radius 2 is 1.88 bits per heavy atom. The summed E-state index contributed by atoms with van der Waals surface area (Å²) in [5.41, 5.74) is 0.643. The molecule has 4 heteroatoms. The average molecular weight is 236 g/mol. The number of methoxy groups -OCH3 is 1. The molecule has 0 atom stereocenters. The molecule has 17 heavy (non-hydrogen) atoms. The average Bonchev–Trinajstić information content (AvgIpc) is 2.37. The van der Waals surface area contributed by atoms with Crippen LogP contribution in [-0.2, 0) is 4.74 Å². The van der Waals surface area contributed by atoms with Crippen molar-refractivity contribution in [1.82, 2.24) is 0 Å². The highest BCUT2D eigenvalue weighted by Crippen LogP contribution is 2.20. The third-order valence-corrected chi connectivity index (χ3v) is 2.34. The molecule has 92 valence electrons. The molecule has 0 aromatic heterocycles. The molecule has 0 aliphatic rings. The smallest absolute Gasteiger partial charge is 0.338 e. The molecule has 1 aromatic carbocycles. The second-order valence-corrected chi connectivity index (χ2v) is 3.41. The van der Waals surface area contributed by atoms with Crippen LogP contribution >= 0.6 is 0 Å². The minimum atomic E-state index is -0.497. The van der Waals surface area contributed by atoms with Crippen LogP contribution in [-0.4, -0.2) is 25.5 Å². The number of esters is 1. The molecular weight excluding hydrogens is 220 g/mol. The zero-order valence-corrected chi connectivity index (χ0v) is 10.3. The number of ketones is 1. The summed E-state index contributed by atoms with van der Waals surface area (Å²) in [6.45, 7) is 3.75. The van der Waals surface area contributed by atoms with Crippen molar-refractivity contribution in [1.29, 1.82) is 0 Å². The Kier molecular flexibility index (Phi) is 4.69. The van der Waals surface area contributed by atoms with Gasteiger partial charge in [0.15, 0.2) is 5.78 Å². The fourth-order valence-corrected chi connectivity index (χ4v) is 1.46. The lowest BCUT2D eigenvalue weighted by molar-refractivity contribution is 0.0522. The lowest BCUT2D eigenvalue weighted by Gasteiger charge is -2.09. The molecule has 1 rings (SSSR count). The van der Waals surface area contributed by atoms with E-state index >= 15 is 0 Å². The van der Waals surface area contributed by atoms with Crippen LogP contribution in [0.4, 0.5) is 0 Å². The number of Topliss-reactive ketones (excluding diaryl/α,β-unsaturated/α-hetero) is 1. The fourth-order valence-electron chi connectivity index (χ4n) is 1.46. The maximum absolute atomic E-state index is 11.7. The van der Waals surface area contributed by atoms with Gasteiger partial charge in [-0.05, 0) is 25.1 Å². The van der Waals surface area contributed by atoms with Crippen molar-refractivity contribution < 1.29 is 19.1 Å². The predicted molar refractivity (Wildman–Crippen MR) is 63.6 cm³/mol. The lowest BCUT2D eigenvalue weighted by atomic mass is 10.0. The first kappa shape index (κ1) is 13.2. The third-order valence-electron chi connectivity index (χ3n) is 2.34. The maximum atomic E-state index is 11.7. The van der Waals surface area contributed by atoms with Crippen molar-refractivity contribution in [2.75, 3.05) is 13.7 Å². The highest BCUT2D eigenvalue weighted by atomic mass is 16.5. The SMILES string of the molecule is CCOC(=O)c1cc(OC)ccc1C(=O)CC. The second-order valence-electron chi connectivity index (χ2n) is 3.41. The van der Waals surface area contributed by atoms with Gasteiger partial charge in [-0.25, -0.2) is 4.79 Å². The summed E-state index contributed by atoms with van der Waals surface area (Å²) in [4.78, 5) is 23.4. The Bertz CT molecular complexity index is 423. The highest BCUT2D eigenvalue weighted by molar-refractivity contribution is 6.06. The zero-order chi connectivity index (χ0) is 12.8. The first-order chi connectivity index (χ1) is 8.13. The lowest BCUT2D eigenvalue weighted by Crippen LogP contribution is -2.11. The van der Waals surface area contributed by atoms with Gasteiger partial charge in [-0.1, -0.05) is 6.92 Å². The molecule has 0 fully saturated rings. The Morgan fingerprint density at radius 1 is 1.18 bits per heavy atom. The molecule has 0 saturated heterocycles. The van der Waals surface area contributed by atoms with Gasteiger partial charge in [0.2, 0.25) is 0 Å². The van der Waals surface area contributed by atoms with Crippen molar-refractivity contribution in [3.63, 3.8) is 0 Å². The normalized spacial score (nSPS) is 9.82. The molecular formula is C13H16O4. The molecule has 4 nitrogen and oxygen atoms in total. The van der Waals surface area contributed by atoms with Crippen LogP contribution in [0.15, 0.2) is 18.2 Å². The van der Waals surface area contributed by atoms with Gasteiger partial charge < -0.3 is 9.47 Å². The number of carbonyl (C=O) groups is 2. The zero-order valence-electron chi connectivity index (χ0n) is 10.3. The summed E-state index contributed by atoms with van der Waals surface area (Å²) in [6.07, 6.45) is 0.346. The van der Waals surface area contributed by atoms with Crippen molar-refractivity contribution >= 4 is 11.8 Å². The predicted octanol–water partition coefficient (Wildman–Crippen LogP) is 2.46. The Morgan fingerprint density at radius 3 is 2.41 bits per heavy atom. The van der Waals surface area contributed by atoms with Crippen molar-refractivity contribution in [3.8, 4) is 5.75 Å². The number of carbonyl (C=O) groups excluding carboxylic acids is 2. The van der Waals surface area contributed by atoms with Crippen LogP contribution < -0.4 is 4.74 Å². The molecule has 0 aliphatic carbocycles. The molecule has 0 bridgehead atoms. The second kappa shape index (κ2) is 6.03. The molecule has 0 aliphatic heterocycles. The van der Waals surface area contributed by atoms with Crippen molar-refractivity contribution in [2.24, 2.45) is 0 Å². The van der Waals surface area contributed by atoms with E-state index < -0.39 is 5.97 Å². The summed E-state index contributed by atoms with van der Waals surface area (Å²) in [6, 6.07) is 4.78. The molecule has 0 radical (unpaired) electrons. The third kappa shape index (κ3) is 3.06. The maximum Gasteiger partial charge on any atom is 0.338 e. The van der Waals surface area contributed by atoms with E-state index in [1.165, 1.54) is 13.2 Å². The van der Waals surface area contributed by atoms with Crippen molar-refractivity contribution in [2.45, 2.75) is 20.3 Å². The molecule has 1 aromatic rings. The molecule has 0 unspecified atom stereocenters. The van der Waals surface area contributed by atoms with Gasteiger partial charge in [-0.3, -0.25) is 4.79 Å². The Balaban J connectivity index is 3.20. The van der Waals surface area contributed by atoms with Gasteiger partial charge >= 0.3 is 5.97 Å². The van der Waals surface area contributed by atoms with Crippen LogP contribution in [0.3, 0.4) is 0 Å². The largest absolute Gasteiger partial charge is 0.497 e. The number of hydrogen-bond donors (Lipinski definition) is 0. The van der Waals surface area contributed by atoms with Gasteiger partial charge in [0.1, 0.15) is 5.75 Å². The van der Waals surface area contributed by atoms with E-state index in [1.807, 2.05) is 0 Å². The van der Waals surface area contributed by atoms with E-state index in [2.05, 4.69) is 0 Å². The Hall–Kier alpha value is -1.84. The van der Waals surface area contributed by atoms with Crippen LogP contribution in [0.25, 0.3) is 0 Å². The van der Waals surface area contributed by atoms with Crippen LogP contribution in [0.1, 0.15) is 41.0 Å². The molecule has 0 heterocycles. The minimum absolute atomic E-state index is 0.0873. The molecule has 0 N–H and O–H groups in total. The molecule has 0 spiro atoms. The van der Waals surface area contributed by atoms with Crippen LogP contribution in [0.5, 0.6) is 5.75 Å². The minimum Gasteiger partial charge on any atom is -0.497 e. The summed E-state index contributed by atoms with van der Waals surface area (Å²) >= 11 is 0. The van der Waals surface area contributed by atoms with E-state index in [4.69, 9.17) is 9.47 Å². The van der Waals surface area contributed by atoms with Crippen molar-refractivity contribution in [3.05, 3.63) is 29.3 Å².